The van der Waals surface area contributed by atoms with Gasteiger partial charge in [-0.3, -0.25) is 9.78 Å². The topological polar surface area (TPSA) is 103 Å². The second-order valence-corrected chi connectivity index (χ2v) is 12.1. The van der Waals surface area contributed by atoms with Crippen LogP contribution in [0.2, 0.25) is 0 Å². The van der Waals surface area contributed by atoms with E-state index in [0.717, 1.165) is 10.2 Å². The van der Waals surface area contributed by atoms with E-state index in [1.807, 2.05) is 18.2 Å². The molecule has 0 saturated carbocycles. The van der Waals surface area contributed by atoms with E-state index < -0.39 is 15.6 Å². The van der Waals surface area contributed by atoms with Crippen LogP contribution in [0.1, 0.15) is 18.4 Å². The lowest BCUT2D eigenvalue weighted by Crippen LogP contribution is -2.58. The molecule has 1 aromatic carbocycles. The monoisotopic (exact) mass is 598 g/mol. The number of aliphatic hydroxyl groups is 1. The number of β-amino-alcohol motifs (C(OH)–C–C–N with tert-alkyl or cyclic N) is 1. The maximum atomic E-state index is 13.2. The third kappa shape index (κ3) is 5.55. The molecule has 0 bridgehead atoms. The Balaban J connectivity index is 0.00000304. The number of pyridine rings is 1. The van der Waals surface area contributed by atoms with Gasteiger partial charge in [0.2, 0.25) is 15.9 Å². The van der Waals surface area contributed by atoms with E-state index in [2.05, 4.69) is 25.8 Å². The summed E-state index contributed by atoms with van der Waals surface area (Å²) in [4.78, 5) is 20.9. The molecule has 1 amide bonds. The number of piperazine rings is 1. The van der Waals surface area contributed by atoms with E-state index in [-0.39, 0.29) is 56.0 Å². The van der Waals surface area contributed by atoms with Crippen LogP contribution in [-0.2, 0) is 14.8 Å². The van der Waals surface area contributed by atoms with Crippen LogP contribution in [0.5, 0.6) is 5.75 Å². The number of anilines is 1. The number of halogens is 2. The van der Waals surface area contributed by atoms with Gasteiger partial charge in [0.05, 0.1) is 17.1 Å². The van der Waals surface area contributed by atoms with Crippen LogP contribution in [-0.4, -0.2) is 85.1 Å². The van der Waals surface area contributed by atoms with Crippen molar-refractivity contribution in [2.75, 3.05) is 50.8 Å². The van der Waals surface area contributed by atoms with Crippen LogP contribution < -0.4 is 9.64 Å². The Kier molecular flexibility index (Phi) is 7.96. The average molecular weight is 600 g/mol. The number of fused-ring (bicyclic) bond motifs is 1. The highest BCUT2D eigenvalue weighted by molar-refractivity contribution is 9.10. The van der Waals surface area contributed by atoms with Crippen molar-refractivity contribution in [2.45, 2.75) is 18.4 Å². The number of ether oxygens (including phenoxy) is 1. The Morgan fingerprint density at radius 1 is 1.08 bits per heavy atom. The molecule has 0 aliphatic carbocycles. The molecule has 36 heavy (non-hydrogen) atoms. The SMILES string of the molecule is Cl.O=C1CN(S(=O)(=O)C2=Cc3ccc(Br)cc3OC2)CCN1CC1(O)CCN(c2ccncc2)CC1. The van der Waals surface area contributed by atoms with Crippen molar-refractivity contribution in [3.63, 3.8) is 0 Å². The third-order valence-corrected chi connectivity index (χ3v) is 9.21. The summed E-state index contributed by atoms with van der Waals surface area (Å²) in [6.07, 6.45) is 6.16. The van der Waals surface area contributed by atoms with Gasteiger partial charge >= 0.3 is 0 Å². The van der Waals surface area contributed by atoms with E-state index >= 15 is 0 Å². The Morgan fingerprint density at radius 2 is 1.81 bits per heavy atom. The number of nitrogens with zero attached hydrogens (tertiary/aromatic N) is 4. The molecule has 0 unspecified atom stereocenters. The molecule has 2 aromatic rings. The molecule has 0 radical (unpaired) electrons. The van der Waals surface area contributed by atoms with Gasteiger partial charge in [-0.05, 0) is 43.2 Å². The minimum absolute atomic E-state index is 0. The number of piperidine rings is 1. The molecule has 5 rings (SSSR count). The summed E-state index contributed by atoms with van der Waals surface area (Å²) in [5, 5.41) is 11.2. The van der Waals surface area contributed by atoms with E-state index in [1.165, 1.54) is 4.31 Å². The number of hydrogen-bond acceptors (Lipinski definition) is 7. The largest absolute Gasteiger partial charge is 0.487 e. The Morgan fingerprint density at radius 3 is 2.50 bits per heavy atom. The molecule has 4 heterocycles. The molecule has 1 N–H and O–H groups in total. The molecular formula is C24H28BrClN4O5S. The molecule has 0 atom stereocenters. The molecule has 9 nitrogen and oxygen atoms in total. The van der Waals surface area contributed by atoms with Crippen LogP contribution >= 0.6 is 28.3 Å². The third-order valence-electron chi connectivity index (χ3n) is 6.82. The Bertz CT molecular complexity index is 1250. The molecule has 194 valence electrons. The van der Waals surface area contributed by atoms with Gasteiger partial charge in [-0.1, -0.05) is 22.0 Å². The fourth-order valence-electron chi connectivity index (χ4n) is 4.74. The second-order valence-electron chi connectivity index (χ2n) is 9.15. The highest BCUT2D eigenvalue weighted by atomic mass is 79.9. The number of benzene rings is 1. The number of aromatic nitrogens is 1. The number of carbonyl (C=O) groups excluding carboxylic acids is 1. The number of hydrogen-bond donors (Lipinski definition) is 1. The normalized spacial score (nSPS) is 20.2. The van der Waals surface area contributed by atoms with Gasteiger partial charge in [0, 0.05) is 60.8 Å². The maximum Gasteiger partial charge on any atom is 0.243 e. The molecule has 3 aliphatic heterocycles. The number of sulfonamides is 1. The van der Waals surface area contributed by atoms with Gasteiger partial charge in [-0.2, -0.15) is 4.31 Å². The van der Waals surface area contributed by atoms with Crippen LogP contribution in [0.4, 0.5) is 5.69 Å². The van der Waals surface area contributed by atoms with Crippen molar-refractivity contribution in [1.29, 1.82) is 0 Å². The maximum absolute atomic E-state index is 13.2. The molecule has 0 spiro atoms. The summed E-state index contributed by atoms with van der Waals surface area (Å²) in [7, 11) is -3.84. The lowest BCUT2D eigenvalue weighted by molar-refractivity contribution is -0.138. The van der Waals surface area contributed by atoms with Gasteiger partial charge in [0.25, 0.3) is 0 Å². The van der Waals surface area contributed by atoms with Crippen LogP contribution in [0.15, 0.2) is 52.1 Å². The van der Waals surface area contributed by atoms with E-state index in [1.54, 1.807) is 35.5 Å². The van der Waals surface area contributed by atoms with E-state index in [9.17, 15) is 18.3 Å². The smallest absolute Gasteiger partial charge is 0.243 e. The first-order chi connectivity index (χ1) is 16.7. The zero-order valence-corrected chi connectivity index (χ0v) is 22.8. The first kappa shape index (κ1) is 26.9. The van der Waals surface area contributed by atoms with Crippen molar-refractivity contribution in [2.24, 2.45) is 0 Å². The minimum atomic E-state index is -3.84. The van der Waals surface area contributed by atoms with Gasteiger partial charge in [-0.25, -0.2) is 8.42 Å². The Hall–Kier alpha value is -2.18. The Labute approximate surface area is 225 Å². The number of amides is 1. The highest BCUT2D eigenvalue weighted by Crippen LogP contribution is 2.32. The van der Waals surface area contributed by atoms with Crippen molar-refractivity contribution < 1.29 is 23.1 Å². The molecule has 3 aliphatic rings. The molecule has 2 fully saturated rings. The highest BCUT2D eigenvalue weighted by Gasteiger charge is 2.40. The van der Waals surface area contributed by atoms with Crippen molar-refractivity contribution in [3.8, 4) is 5.75 Å². The lowest BCUT2D eigenvalue weighted by atomic mass is 9.90. The fraction of sp³-hybridized carbons (Fsp3) is 0.417. The van der Waals surface area contributed by atoms with Crippen molar-refractivity contribution in [1.82, 2.24) is 14.2 Å². The molecular weight excluding hydrogens is 572 g/mol. The van der Waals surface area contributed by atoms with Crippen molar-refractivity contribution in [3.05, 3.63) is 57.7 Å². The average Bonchev–Trinajstić information content (AvgIpc) is 2.86. The summed E-state index contributed by atoms with van der Waals surface area (Å²) >= 11 is 3.38. The molecule has 2 saturated heterocycles. The summed E-state index contributed by atoms with van der Waals surface area (Å²) in [5.74, 6) is 0.314. The zero-order valence-electron chi connectivity index (χ0n) is 19.5. The van der Waals surface area contributed by atoms with E-state index in [0.29, 0.717) is 37.2 Å². The summed E-state index contributed by atoms with van der Waals surface area (Å²) < 4.78 is 34.2. The predicted octanol–water partition coefficient (Wildman–Crippen LogP) is 2.50. The lowest BCUT2D eigenvalue weighted by Gasteiger charge is -2.43. The molecule has 1 aromatic heterocycles. The standard InChI is InChI=1S/C24H27BrN4O5S.ClH/c25-19-2-1-18-13-21(16-34-22(18)14-19)35(32,33)29-12-11-28(23(30)15-29)17-24(31)5-9-27(10-6-24)20-3-7-26-8-4-20;/h1-4,7-8,13-14,31H,5-6,9-12,15-17H2;1H. The van der Waals surface area contributed by atoms with Gasteiger partial charge in [0.15, 0.2) is 0 Å². The first-order valence-electron chi connectivity index (χ1n) is 11.5. The van der Waals surface area contributed by atoms with Gasteiger partial charge < -0.3 is 19.6 Å². The predicted molar refractivity (Wildman–Crippen MR) is 143 cm³/mol. The quantitative estimate of drug-likeness (QED) is 0.563. The summed E-state index contributed by atoms with van der Waals surface area (Å²) in [6.45, 7) is 1.66. The van der Waals surface area contributed by atoms with E-state index in [4.69, 9.17) is 4.74 Å². The number of rotatable bonds is 5. The van der Waals surface area contributed by atoms with Crippen LogP contribution in [0.25, 0.3) is 6.08 Å². The van der Waals surface area contributed by atoms with Crippen LogP contribution in [0.3, 0.4) is 0 Å². The molecule has 12 heteroatoms. The van der Waals surface area contributed by atoms with Crippen LogP contribution in [0, 0.1) is 0 Å². The minimum Gasteiger partial charge on any atom is -0.487 e. The van der Waals surface area contributed by atoms with Gasteiger partial charge in [0.1, 0.15) is 12.4 Å². The summed E-state index contributed by atoms with van der Waals surface area (Å²) in [6, 6.07) is 9.29. The van der Waals surface area contributed by atoms with Crippen molar-refractivity contribution >= 4 is 56.0 Å². The summed E-state index contributed by atoms with van der Waals surface area (Å²) in [5.41, 5.74) is 0.759. The first-order valence-corrected chi connectivity index (χ1v) is 13.8. The fourth-order valence-corrected chi connectivity index (χ4v) is 6.50. The second kappa shape index (κ2) is 10.7. The number of carbonyl (C=O) groups is 1. The zero-order chi connectivity index (χ0) is 24.6. The van der Waals surface area contributed by atoms with Gasteiger partial charge in [-0.15, -0.1) is 12.4 Å².